The Hall–Kier alpha value is -3.84. The van der Waals surface area contributed by atoms with Crippen LogP contribution in [0.25, 0.3) is 0 Å². The molecule has 3 aromatic carbocycles. The maximum Gasteiger partial charge on any atom is 0.325 e. The standard InChI is InChI=1S/C26H24N4O2S/c31-25(27-21-14-7-8-16-24(21)32-20-12-5-2-6-13-20)29-26-28-22(18-33-26)23-15-9-17-30(23)19-10-3-1-4-11-19/h1-8,10-14,16,18,23H,9,15,17H2,(H2,27,28,29,31). The van der Waals surface area contributed by atoms with Crippen LogP contribution in [0, 0.1) is 0 Å². The predicted molar refractivity (Wildman–Crippen MR) is 133 cm³/mol. The van der Waals surface area contributed by atoms with Crippen LogP contribution in [0.1, 0.15) is 24.6 Å². The number of benzene rings is 3. The molecule has 1 fully saturated rings. The number of thiazole rings is 1. The number of amides is 2. The number of aromatic nitrogens is 1. The molecule has 2 heterocycles. The van der Waals surface area contributed by atoms with E-state index in [1.165, 1.54) is 17.0 Å². The Morgan fingerprint density at radius 3 is 2.48 bits per heavy atom. The van der Waals surface area contributed by atoms with Gasteiger partial charge >= 0.3 is 6.03 Å². The fourth-order valence-electron chi connectivity index (χ4n) is 4.02. The van der Waals surface area contributed by atoms with E-state index in [0.29, 0.717) is 22.3 Å². The number of carbonyl (C=O) groups is 1. The first-order valence-electron chi connectivity index (χ1n) is 10.9. The monoisotopic (exact) mass is 456 g/mol. The van der Waals surface area contributed by atoms with Crippen molar-refractivity contribution in [1.82, 2.24) is 4.98 Å². The first-order valence-corrected chi connectivity index (χ1v) is 11.8. The zero-order valence-corrected chi connectivity index (χ0v) is 18.8. The Labute approximate surface area is 196 Å². The molecule has 6 nitrogen and oxygen atoms in total. The quantitative estimate of drug-likeness (QED) is 0.330. The summed E-state index contributed by atoms with van der Waals surface area (Å²) in [6.45, 7) is 1.01. The second-order valence-corrected chi connectivity index (χ2v) is 8.61. The molecule has 166 valence electrons. The van der Waals surface area contributed by atoms with Crippen molar-refractivity contribution in [3.8, 4) is 11.5 Å². The molecular weight excluding hydrogens is 432 g/mol. The van der Waals surface area contributed by atoms with Gasteiger partial charge in [-0.3, -0.25) is 5.32 Å². The lowest BCUT2D eigenvalue weighted by Gasteiger charge is -2.25. The number of ether oxygens (including phenoxy) is 1. The summed E-state index contributed by atoms with van der Waals surface area (Å²) in [5.41, 5.74) is 2.78. The van der Waals surface area contributed by atoms with Crippen molar-refractivity contribution >= 4 is 33.9 Å². The van der Waals surface area contributed by atoms with Crippen molar-refractivity contribution in [1.29, 1.82) is 0 Å². The molecule has 1 unspecified atom stereocenters. The molecule has 1 atom stereocenters. The molecule has 1 saturated heterocycles. The van der Waals surface area contributed by atoms with Crippen LogP contribution in [-0.4, -0.2) is 17.6 Å². The fraction of sp³-hybridized carbons (Fsp3) is 0.154. The van der Waals surface area contributed by atoms with E-state index in [9.17, 15) is 4.79 Å². The molecule has 2 amide bonds. The summed E-state index contributed by atoms with van der Waals surface area (Å²) in [6, 6.07) is 27.1. The minimum atomic E-state index is -0.355. The molecule has 0 bridgehead atoms. The minimum absolute atomic E-state index is 0.224. The van der Waals surface area contributed by atoms with E-state index in [4.69, 9.17) is 9.72 Å². The maximum absolute atomic E-state index is 12.7. The molecule has 0 aliphatic carbocycles. The molecule has 33 heavy (non-hydrogen) atoms. The third-order valence-electron chi connectivity index (χ3n) is 5.53. The van der Waals surface area contributed by atoms with E-state index in [2.05, 4.69) is 39.8 Å². The average Bonchev–Trinajstić information content (AvgIpc) is 3.51. The van der Waals surface area contributed by atoms with Gasteiger partial charge in [0, 0.05) is 17.6 Å². The second kappa shape index (κ2) is 9.75. The van der Waals surface area contributed by atoms with Crippen LogP contribution in [0.3, 0.4) is 0 Å². The normalized spacial score (nSPS) is 15.3. The Balaban J connectivity index is 1.25. The molecule has 1 aromatic heterocycles. The third-order valence-corrected chi connectivity index (χ3v) is 6.31. The highest BCUT2D eigenvalue weighted by atomic mass is 32.1. The molecular formula is C26H24N4O2S. The lowest BCUT2D eigenvalue weighted by Crippen LogP contribution is -2.23. The van der Waals surface area contributed by atoms with E-state index < -0.39 is 0 Å². The second-order valence-electron chi connectivity index (χ2n) is 7.75. The molecule has 7 heteroatoms. The van der Waals surface area contributed by atoms with Crippen LogP contribution in [0.2, 0.25) is 0 Å². The van der Waals surface area contributed by atoms with Crippen molar-refractivity contribution < 1.29 is 9.53 Å². The number of anilines is 3. The van der Waals surface area contributed by atoms with Crippen molar-refractivity contribution in [2.75, 3.05) is 22.1 Å². The molecule has 2 N–H and O–H groups in total. The van der Waals surface area contributed by atoms with Crippen molar-refractivity contribution in [2.45, 2.75) is 18.9 Å². The van der Waals surface area contributed by atoms with Gasteiger partial charge < -0.3 is 15.0 Å². The molecule has 1 aliphatic rings. The van der Waals surface area contributed by atoms with E-state index in [-0.39, 0.29) is 12.1 Å². The van der Waals surface area contributed by atoms with Crippen LogP contribution >= 0.6 is 11.3 Å². The number of para-hydroxylation sites is 4. The van der Waals surface area contributed by atoms with Crippen LogP contribution in [-0.2, 0) is 0 Å². The number of urea groups is 1. The molecule has 0 saturated carbocycles. The zero-order valence-electron chi connectivity index (χ0n) is 18.0. The number of rotatable bonds is 6. The van der Waals surface area contributed by atoms with Gasteiger partial charge in [0.05, 0.1) is 17.4 Å². The Kier molecular flexibility index (Phi) is 6.21. The molecule has 0 radical (unpaired) electrons. The van der Waals surface area contributed by atoms with Crippen molar-refractivity contribution in [2.24, 2.45) is 0 Å². The highest BCUT2D eigenvalue weighted by Crippen LogP contribution is 2.37. The SMILES string of the molecule is O=C(Nc1nc(C2CCCN2c2ccccc2)cs1)Nc1ccccc1Oc1ccccc1. The van der Waals surface area contributed by atoms with E-state index >= 15 is 0 Å². The number of hydrogen-bond donors (Lipinski definition) is 2. The number of nitrogens with one attached hydrogen (secondary N) is 2. The summed E-state index contributed by atoms with van der Waals surface area (Å²) in [4.78, 5) is 19.8. The Bertz CT molecular complexity index is 1210. The summed E-state index contributed by atoms with van der Waals surface area (Å²) in [7, 11) is 0. The van der Waals surface area contributed by atoms with Gasteiger partial charge in [-0.25, -0.2) is 9.78 Å². The predicted octanol–water partition coefficient (Wildman–Crippen LogP) is 6.92. The third kappa shape index (κ3) is 4.99. The van der Waals surface area contributed by atoms with E-state index in [1.807, 2.05) is 60.0 Å². The summed E-state index contributed by atoms with van der Waals surface area (Å²) in [6.07, 6.45) is 2.17. The van der Waals surface area contributed by atoms with Crippen molar-refractivity contribution in [3.63, 3.8) is 0 Å². The number of nitrogens with zero attached hydrogens (tertiary/aromatic N) is 2. The highest BCUT2D eigenvalue weighted by Gasteiger charge is 2.28. The molecule has 4 aromatic rings. The summed E-state index contributed by atoms with van der Waals surface area (Å²) < 4.78 is 5.93. The van der Waals surface area contributed by atoms with Crippen LogP contribution in [0.4, 0.5) is 21.3 Å². The largest absolute Gasteiger partial charge is 0.455 e. The average molecular weight is 457 g/mol. The van der Waals surface area contributed by atoms with Gasteiger partial charge in [0.1, 0.15) is 5.75 Å². The van der Waals surface area contributed by atoms with Gasteiger partial charge in [0.2, 0.25) is 0 Å². The number of hydrogen-bond acceptors (Lipinski definition) is 5. The first kappa shape index (κ1) is 21.0. The minimum Gasteiger partial charge on any atom is -0.455 e. The van der Waals surface area contributed by atoms with E-state index in [0.717, 1.165) is 25.1 Å². The van der Waals surface area contributed by atoms with Gasteiger partial charge in [-0.2, -0.15) is 0 Å². The fourth-order valence-corrected chi connectivity index (χ4v) is 4.78. The molecule has 0 spiro atoms. The summed E-state index contributed by atoms with van der Waals surface area (Å²) in [5, 5.41) is 8.35. The lowest BCUT2D eigenvalue weighted by atomic mass is 10.1. The zero-order chi connectivity index (χ0) is 22.5. The highest BCUT2D eigenvalue weighted by molar-refractivity contribution is 7.14. The first-order chi connectivity index (χ1) is 16.3. The van der Waals surface area contributed by atoms with Gasteiger partial charge in [0.25, 0.3) is 0 Å². The molecule has 5 rings (SSSR count). The van der Waals surface area contributed by atoms with Crippen molar-refractivity contribution in [3.05, 3.63) is 96.0 Å². The smallest absolute Gasteiger partial charge is 0.325 e. The lowest BCUT2D eigenvalue weighted by molar-refractivity contribution is 0.262. The maximum atomic E-state index is 12.7. The van der Waals surface area contributed by atoms with Crippen LogP contribution in [0.15, 0.2) is 90.3 Å². The van der Waals surface area contributed by atoms with Crippen LogP contribution in [0.5, 0.6) is 11.5 Å². The summed E-state index contributed by atoms with van der Waals surface area (Å²) >= 11 is 1.44. The van der Waals surface area contributed by atoms with Gasteiger partial charge in [-0.15, -0.1) is 11.3 Å². The Morgan fingerprint density at radius 2 is 1.67 bits per heavy atom. The Morgan fingerprint density at radius 1 is 0.939 bits per heavy atom. The van der Waals surface area contributed by atoms with Crippen LogP contribution < -0.4 is 20.3 Å². The topological polar surface area (TPSA) is 66.5 Å². The molecule has 1 aliphatic heterocycles. The number of carbonyl (C=O) groups excluding carboxylic acids is 1. The van der Waals surface area contributed by atoms with Gasteiger partial charge in [-0.05, 0) is 49.2 Å². The summed E-state index contributed by atoms with van der Waals surface area (Å²) in [5.74, 6) is 1.28. The van der Waals surface area contributed by atoms with Gasteiger partial charge in [-0.1, -0.05) is 48.5 Å². The van der Waals surface area contributed by atoms with Gasteiger partial charge in [0.15, 0.2) is 10.9 Å². The van der Waals surface area contributed by atoms with E-state index in [1.54, 1.807) is 6.07 Å².